The van der Waals surface area contributed by atoms with E-state index in [4.69, 9.17) is 5.26 Å². The zero-order valence-electron chi connectivity index (χ0n) is 10.2. The summed E-state index contributed by atoms with van der Waals surface area (Å²) in [5, 5.41) is 9.11. The van der Waals surface area contributed by atoms with Gasteiger partial charge in [0.25, 0.3) is 0 Å². The predicted molar refractivity (Wildman–Crippen MR) is 68.9 cm³/mol. The lowest BCUT2D eigenvalue weighted by atomic mass is 9.68. The maximum absolute atomic E-state index is 9.11. The highest BCUT2D eigenvalue weighted by molar-refractivity contribution is 5.61. The summed E-state index contributed by atoms with van der Waals surface area (Å²) in [4.78, 5) is 2.38. The standard InChI is InChI=1S/C15H18N2/c16-10-13-6-2-3-7-14(13)17-11-15(12-17)8-4-1-5-9-15/h2-3,6-7H,1,4-5,8-9,11-12H2. The molecule has 2 heteroatoms. The molecule has 1 aromatic rings. The van der Waals surface area contributed by atoms with Gasteiger partial charge in [0.15, 0.2) is 0 Å². The summed E-state index contributed by atoms with van der Waals surface area (Å²) < 4.78 is 0. The lowest BCUT2D eigenvalue weighted by Gasteiger charge is -2.53. The average molecular weight is 226 g/mol. The Morgan fingerprint density at radius 3 is 2.47 bits per heavy atom. The second-order valence-electron chi connectivity index (χ2n) is 5.55. The van der Waals surface area contributed by atoms with Crippen molar-refractivity contribution in [3.8, 4) is 6.07 Å². The van der Waals surface area contributed by atoms with Crippen LogP contribution in [0.2, 0.25) is 0 Å². The van der Waals surface area contributed by atoms with Gasteiger partial charge in [-0.3, -0.25) is 0 Å². The number of anilines is 1. The molecule has 0 aromatic heterocycles. The van der Waals surface area contributed by atoms with Gasteiger partial charge in [0, 0.05) is 18.5 Å². The normalized spacial score (nSPS) is 21.9. The van der Waals surface area contributed by atoms with Crippen LogP contribution < -0.4 is 4.90 Å². The van der Waals surface area contributed by atoms with E-state index in [1.54, 1.807) is 0 Å². The number of nitrogens with zero attached hydrogens (tertiary/aromatic N) is 2. The van der Waals surface area contributed by atoms with Gasteiger partial charge in [-0.25, -0.2) is 0 Å². The second-order valence-corrected chi connectivity index (χ2v) is 5.55. The molecule has 1 saturated carbocycles. The molecule has 1 aromatic carbocycles. The summed E-state index contributed by atoms with van der Waals surface area (Å²) in [5.74, 6) is 0. The lowest BCUT2D eigenvalue weighted by molar-refractivity contribution is 0.139. The van der Waals surface area contributed by atoms with Crippen molar-refractivity contribution in [3.63, 3.8) is 0 Å². The molecule has 3 rings (SSSR count). The monoisotopic (exact) mass is 226 g/mol. The number of hydrogen-bond donors (Lipinski definition) is 0. The van der Waals surface area contributed by atoms with Crippen LogP contribution in [-0.4, -0.2) is 13.1 Å². The number of nitriles is 1. The van der Waals surface area contributed by atoms with Crippen molar-refractivity contribution in [2.75, 3.05) is 18.0 Å². The van der Waals surface area contributed by atoms with Gasteiger partial charge >= 0.3 is 0 Å². The third-order valence-corrected chi connectivity index (χ3v) is 4.33. The van der Waals surface area contributed by atoms with Gasteiger partial charge < -0.3 is 4.90 Å². The van der Waals surface area contributed by atoms with E-state index in [1.165, 1.54) is 32.1 Å². The Bertz CT molecular complexity index is 444. The molecule has 88 valence electrons. The largest absolute Gasteiger partial charge is 0.369 e. The maximum Gasteiger partial charge on any atom is 0.101 e. The molecule has 0 amide bonds. The number of para-hydroxylation sites is 1. The average Bonchev–Trinajstić information content (AvgIpc) is 2.37. The highest BCUT2D eigenvalue weighted by Crippen LogP contribution is 2.45. The fourth-order valence-corrected chi connectivity index (χ4v) is 3.40. The molecule has 1 saturated heterocycles. The molecule has 1 aliphatic carbocycles. The highest BCUT2D eigenvalue weighted by atomic mass is 15.2. The molecule has 1 spiro atoms. The van der Waals surface area contributed by atoms with Crippen LogP contribution in [0, 0.1) is 16.7 Å². The van der Waals surface area contributed by atoms with Crippen molar-refractivity contribution >= 4 is 5.69 Å². The maximum atomic E-state index is 9.11. The van der Waals surface area contributed by atoms with E-state index in [0.717, 1.165) is 24.3 Å². The minimum atomic E-state index is 0.584. The molecular formula is C15H18N2. The van der Waals surface area contributed by atoms with Gasteiger partial charge in [-0.1, -0.05) is 31.4 Å². The fraction of sp³-hybridized carbons (Fsp3) is 0.533. The van der Waals surface area contributed by atoms with E-state index in [9.17, 15) is 0 Å². The zero-order chi connectivity index (χ0) is 11.7. The first-order valence-electron chi connectivity index (χ1n) is 6.57. The van der Waals surface area contributed by atoms with Crippen LogP contribution >= 0.6 is 0 Å². The molecule has 2 aliphatic rings. The fourth-order valence-electron chi connectivity index (χ4n) is 3.40. The topological polar surface area (TPSA) is 27.0 Å². The van der Waals surface area contributed by atoms with Crippen molar-refractivity contribution in [1.82, 2.24) is 0 Å². The number of benzene rings is 1. The minimum absolute atomic E-state index is 0.584. The van der Waals surface area contributed by atoms with Crippen molar-refractivity contribution in [3.05, 3.63) is 29.8 Å². The Balaban J connectivity index is 1.74. The van der Waals surface area contributed by atoms with Gasteiger partial charge in [0.05, 0.1) is 11.3 Å². The number of rotatable bonds is 1. The molecule has 0 unspecified atom stereocenters. The first-order chi connectivity index (χ1) is 8.33. The van der Waals surface area contributed by atoms with Crippen LogP contribution in [0.3, 0.4) is 0 Å². The van der Waals surface area contributed by atoms with Gasteiger partial charge in [-0.15, -0.1) is 0 Å². The first-order valence-corrected chi connectivity index (χ1v) is 6.57. The summed E-state index contributed by atoms with van der Waals surface area (Å²) in [7, 11) is 0. The van der Waals surface area contributed by atoms with Gasteiger partial charge in [-0.05, 0) is 25.0 Å². The second kappa shape index (κ2) is 4.07. The molecule has 0 bridgehead atoms. The quantitative estimate of drug-likeness (QED) is 0.734. The summed E-state index contributed by atoms with van der Waals surface area (Å²) in [6.07, 6.45) is 6.98. The van der Waals surface area contributed by atoms with Crippen LogP contribution in [0.1, 0.15) is 37.7 Å². The molecule has 2 fully saturated rings. The minimum Gasteiger partial charge on any atom is -0.369 e. The van der Waals surface area contributed by atoms with Crippen molar-refractivity contribution in [1.29, 1.82) is 5.26 Å². The van der Waals surface area contributed by atoms with Crippen LogP contribution in [0.5, 0.6) is 0 Å². The van der Waals surface area contributed by atoms with E-state index in [1.807, 2.05) is 18.2 Å². The zero-order valence-corrected chi connectivity index (χ0v) is 10.2. The Kier molecular flexibility index (Phi) is 2.55. The molecule has 0 radical (unpaired) electrons. The SMILES string of the molecule is N#Cc1ccccc1N1CC2(CCCCC2)C1. The Hall–Kier alpha value is -1.49. The van der Waals surface area contributed by atoms with Gasteiger partial charge in [0.1, 0.15) is 6.07 Å². The summed E-state index contributed by atoms with van der Waals surface area (Å²) >= 11 is 0. The van der Waals surface area contributed by atoms with Gasteiger partial charge in [0.2, 0.25) is 0 Å². The third-order valence-electron chi connectivity index (χ3n) is 4.33. The predicted octanol–water partition coefficient (Wildman–Crippen LogP) is 3.33. The van der Waals surface area contributed by atoms with E-state index in [2.05, 4.69) is 17.0 Å². The van der Waals surface area contributed by atoms with Crippen LogP contribution in [0.15, 0.2) is 24.3 Å². The van der Waals surface area contributed by atoms with Crippen LogP contribution in [-0.2, 0) is 0 Å². The molecule has 2 nitrogen and oxygen atoms in total. The smallest absolute Gasteiger partial charge is 0.101 e. The highest BCUT2D eigenvalue weighted by Gasteiger charge is 2.43. The van der Waals surface area contributed by atoms with Crippen molar-refractivity contribution in [2.45, 2.75) is 32.1 Å². The Labute approximate surface area is 103 Å². The summed E-state index contributed by atoms with van der Waals surface area (Å²) in [6, 6.07) is 10.3. The summed E-state index contributed by atoms with van der Waals surface area (Å²) in [6.45, 7) is 2.32. The molecule has 0 atom stereocenters. The van der Waals surface area contributed by atoms with E-state index < -0.39 is 0 Å². The molecule has 1 heterocycles. The first kappa shape index (κ1) is 10.7. The van der Waals surface area contributed by atoms with E-state index in [-0.39, 0.29) is 0 Å². The molecule has 1 aliphatic heterocycles. The molecule has 17 heavy (non-hydrogen) atoms. The Morgan fingerprint density at radius 2 is 1.76 bits per heavy atom. The molecule has 0 N–H and O–H groups in total. The van der Waals surface area contributed by atoms with Crippen molar-refractivity contribution in [2.24, 2.45) is 5.41 Å². The van der Waals surface area contributed by atoms with E-state index >= 15 is 0 Å². The van der Waals surface area contributed by atoms with Crippen molar-refractivity contribution < 1.29 is 0 Å². The lowest BCUT2D eigenvalue weighted by Crippen LogP contribution is -2.57. The number of hydrogen-bond acceptors (Lipinski definition) is 2. The summed E-state index contributed by atoms with van der Waals surface area (Å²) in [5.41, 5.74) is 2.53. The molecular weight excluding hydrogens is 208 g/mol. The van der Waals surface area contributed by atoms with Crippen LogP contribution in [0.25, 0.3) is 0 Å². The van der Waals surface area contributed by atoms with Crippen LogP contribution in [0.4, 0.5) is 5.69 Å². The Morgan fingerprint density at radius 1 is 1.06 bits per heavy atom. The third kappa shape index (κ3) is 1.80. The van der Waals surface area contributed by atoms with E-state index in [0.29, 0.717) is 5.41 Å². The van der Waals surface area contributed by atoms with Gasteiger partial charge in [-0.2, -0.15) is 5.26 Å².